The molecule has 0 saturated heterocycles. The molecule has 20 heavy (non-hydrogen) atoms. The lowest BCUT2D eigenvalue weighted by molar-refractivity contribution is -0.384. The van der Waals surface area contributed by atoms with E-state index in [-0.39, 0.29) is 11.6 Å². The second-order valence-electron chi connectivity index (χ2n) is 5.40. The van der Waals surface area contributed by atoms with Gasteiger partial charge in [-0.25, -0.2) is 0 Å². The quantitative estimate of drug-likeness (QED) is 0.655. The van der Waals surface area contributed by atoms with Gasteiger partial charge in [0.25, 0.3) is 5.69 Å². The topological polar surface area (TPSA) is 72.2 Å². The second kappa shape index (κ2) is 7.03. The Labute approximate surface area is 118 Å². The highest BCUT2D eigenvalue weighted by Crippen LogP contribution is 2.27. The number of hydrogen-bond acceptors (Lipinski definition) is 3. The summed E-state index contributed by atoms with van der Waals surface area (Å²) in [5.41, 5.74) is 0.489. The van der Waals surface area contributed by atoms with Crippen molar-refractivity contribution < 1.29 is 9.72 Å². The van der Waals surface area contributed by atoms with Gasteiger partial charge in [-0.05, 0) is 18.4 Å². The minimum absolute atomic E-state index is 0.00456. The summed E-state index contributed by atoms with van der Waals surface area (Å²) in [7, 11) is 0. The van der Waals surface area contributed by atoms with Crippen LogP contribution in [0.25, 0.3) is 0 Å². The molecule has 1 amide bonds. The van der Waals surface area contributed by atoms with Crippen LogP contribution in [0.1, 0.15) is 44.9 Å². The number of nitro benzene ring substituents is 1. The zero-order chi connectivity index (χ0) is 14.4. The van der Waals surface area contributed by atoms with Crippen molar-refractivity contribution in [2.75, 3.05) is 5.32 Å². The number of carbonyl (C=O) groups excluding carboxylic acids is 1. The van der Waals surface area contributed by atoms with Crippen LogP contribution in [0.5, 0.6) is 0 Å². The first-order valence-electron chi connectivity index (χ1n) is 7.19. The molecule has 1 fully saturated rings. The van der Waals surface area contributed by atoms with Crippen molar-refractivity contribution in [2.45, 2.75) is 44.9 Å². The predicted molar refractivity (Wildman–Crippen MR) is 77.5 cm³/mol. The van der Waals surface area contributed by atoms with Crippen LogP contribution in [0, 0.1) is 16.0 Å². The summed E-state index contributed by atoms with van der Waals surface area (Å²) in [5, 5.41) is 13.4. The second-order valence-corrected chi connectivity index (χ2v) is 5.40. The van der Waals surface area contributed by atoms with Gasteiger partial charge in [0.1, 0.15) is 0 Å². The van der Waals surface area contributed by atoms with E-state index in [1.165, 1.54) is 44.2 Å². The van der Waals surface area contributed by atoms with Gasteiger partial charge in [0.2, 0.25) is 5.91 Å². The normalized spacial score (nSPS) is 15.8. The molecule has 0 bridgehead atoms. The van der Waals surface area contributed by atoms with Gasteiger partial charge in [-0.1, -0.05) is 38.2 Å². The molecule has 0 aliphatic heterocycles. The molecule has 1 aromatic rings. The van der Waals surface area contributed by atoms with Crippen LogP contribution < -0.4 is 5.32 Å². The Kier molecular flexibility index (Phi) is 5.09. The van der Waals surface area contributed by atoms with E-state index in [4.69, 9.17) is 0 Å². The van der Waals surface area contributed by atoms with Gasteiger partial charge in [0.05, 0.1) is 4.92 Å². The van der Waals surface area contributed by atoms with Gasteiger partial charge in [-0.3, -0.25) is 14.9 Å². The van der Waals surface area contributed by atoms with Crippen molar-refractivity contribution >= 4 is 17.3 Å². The van der Waals surface area contributed by atoms with E-state index in [1.54, 1.807) is 12.1 Å². The zero-order valence-corrected chi connectivity index (χ0v) is 11.5. The van der Waals surface area contributed by atoms with Gasteiger partial charge < -0.3 is 5.32 Å². The van der Waals surface area contributed by atoms with Crippen LogP contribution in [0.2, 0.25) is 0 Å². The number of non-ortho nitro benzene ring substituents is 1. The van der Waals surface area contributed by atoms with E-state index in [0.717, 1.165) is 6.42 Å². The van der Waals surface area contributed by atoms with Crippen LogP contribution in [-0.4, -0.2) is 10.8 Å². The lowest BCUT2D eigenvalue weighted by Crippen LogP contribution is -2.14. The standard InChI is InChI=1S/C15H20N2O3/c18-15(10-9-12-5-2-1-3-6-12)16-13-7-4-8-14(11-13)17(19)20/h4,7-8,11-12H,1-3,5-6,9-10H2,(H,16,18). The minimum atomic E-state index is -0.461. The minimum Gasteiger partial charge on any atom is -0.326 e. The fourth-order valence-electron chi connectivity index (χ4n) is 2.73. The van der Waals surface area contributed by atoms with Crippen LogP contribution in [-0.2, 0) is 4.79 Å². The van der Waals surface area contributed by atoms with Crippen LogP contribution >= 0.6 is 0 Å². The molecule has 5 nitrogen and oxygen atoms in total. The van der Waals surface area contributed by atoms with Gasteiger partial charge in [-0.2, -0.15) is 0 Å². The number of carbonyl (C=O) groups is 1. The third-order valence-corrected chi connectivity index (χ3v) is 3.85. The Hall–Kier alpha value is -1.91. The van der Waals surface area contributed by atoms with E-state index in [9.17, 15) is 14.9 Å². The zero-order valence-electron chi connectivity index (χ0n) is 11.5. The first-order valence-corrected chi connectivity index (χ1v) is 7.19. The van der Waals surface area contributed by atoms with Gasteiger partial charge in [0, 0.05) is 24.2 Å². The van der Waals surface area contributed by atoms with Gasteiger partial charge in [-0.15, -0.1) is 0 Å². The molecule has 5 heteroatoms. The number of nitrogens with zero attached hydrogens (tertiary/aromatic N) is 1. The number of hydrogen-bond donors (Lipinski definition) is 1. The maximum atomic E-state index is 11.9. The van der Waals surface area contributed by atoms with Crippen molar-refractivity contribution in [3.05, 3.63) is 34.4 Å². The summed E-state index contributed by atoms with van der Waals surface area (Å²) in [6.07, 6.45) is 7.73. The third kappa shape index (κ3) is 4.33. The molecule has 1 aliphatic rings. The monoisotopic (exact) mass is 276 g/mol. The first-order chi connectivity index (χ1) is 9.65. The van der Waals surface area contributed by atoms with E-state index < -0.39 is 4.92 Å². The molecule has 108 valence electrons. The first kappa shape index (κ1) is 14.5. The Morgan fingerprint density at radius 1 is 1.30 bits per heavy atom. The average Bonchev–Trinajstić information content (AvgIpc) is 2.46. The molecule has 0 aromatic heterocycles. The Bertz CT molecular complexity index is 482. The maximum absolute atomic E-state index is 11.9. The summed E-state index contributed by atoms with van der Waals surface area (Å²) in [4.78, 5) is 22.1. The summed E-state index contributed by atoms with van der Waals surface area (Å²) >= 11 is 0. The molecule has 0 spiro atoms. The molecule has 1 saturated carbocycles. The maximum Gasteiger partial charge on any atom is 0.271 e. The van der Waals surface area contributed by atoms with Crippen molar-refractivity contribution in [1.82, 2.24) is 0 Å². The molecule has 0 radical (unpaired) electrons. The number of nitro groups is 1. The number of rotatable bonds is 5. The van der Waals surface area contributed by atoms with Crippen molar-refractivity contribution in [3.8, 4) is 0 Å². The highest BCUT2D eigenvalue weighted by Gasteiger charge is 2.15. The van der Waals surface area contributed by atoms with E-state index >= 15 is 0 Å². The van der Waals surface area contributed by atoms with Crippen LogP contribution in [0.4, 0.5) is 11.4 Å². The summed E-state index contributed by atoms with van der Waals surface area (Å²) in [6, 6.07) is 6.05. The van der Waals surface area contributed by atoms with Crippen molar-refractivity contribution in [2.24, 2.45) is 5.92 Å². The van der Waals surface area contributed by atoms with E-state index in [0.29, 0.717) is 18.0 Å². The lowest BCUT2D eigenvalue weighted by Gasteiger charge is -2.20. The number of benzene rings is 1. The smallest absolute Gasteiger partial charge is 0.271 e. The number of amides is 1. The molecule has 1 N–H and O–H groups in total. The molecule has 0 heterocycles. The summed E-state index contributed by atoms with van der Waals surface area (Å²) < 4.78 is 0. The van der Waals surface area contributed by atoms with Crippen molar-refractivity contribution in [3.63, 3.8) is 0 Å². The van der Waals surface area contributed by atoms with Crippen LogP contribution in [0.15, 0.2) is 24.3 Å². The van der Waals surface area contributed by atoms with Gasteiger partial charge in [0.15, 0.2) is 0 Å². The predicted octanol–water partition coefficient (Wildman–Crippen LogP) is 3.89. The average molecular weight is 276 g/mol. The fraction of sp³-hybridized carbons (Fsp3) is 0.533. The highest BCUT2D eigenvalue weighted by atomic mass is 16.6. The molecule has 1 aliphatic carbocycles. The number of anilines is 1. The largest absolute Gasteiger partial charge is 0.326 e. The lowest BCUT2D eigenvalue weighted by atomic mass is 9.86. The molecular formula is C15H20N2O3. The van der Waals surface area contributed by atoms with E-state index in [1.807, 2.05) is 0 Å². The van der Waals surface area contributed by atoms with Crippen LogP contribution in [0.3, 0.4) is 0 Å². The Morgan fingerprint density at radius 3 is 2.75 bits per heavy atom. The fourth-order valence-corrected chi connectivity index (χ4v) is 2.73. The van der Waals surface area contributed by atoms with Crippen molar-refractivity contribution in [1.29, 1.82) is 0 Å². The molecule has 0 unspecified atom stereocenters. The molecule has 1 aromatic carbocycles. The SMILES string of the molecule is O=C(CCC1CCCCC1)Nc1cccc([N+](=O)[O-])c1. The third-order valence-electron chi connectivity index (χ3n) is 3.85. The summed E-state index contributed by atoms with van der Waals surface area (Å²) in [6.45, 7) is 0. The van der Waals surface area contributed by atoms with Gasteiger partial charge >= 0.3 is 0 Å². The highest BCUT2D eigenvalue weighted by molar-refractivity contribution is 5.90. The molecule has 2 rings (SSSR count). The Balaban J connectivity index is 1.81. The molecular weight excluding hydrogens is 256 g/mol. The Morgan fingerprint density at radius 2 is 2.05 bits per heavy atom. The number of nitrogens with one attached hydrogen (secondary N) is 1. The summed E-state index contributed by atoms with van der Waals surface area (Å²) in [5.74, 6) is 0.607. The van der Waals surface area contributed by atoms with E-state index in [2.05, 4.69) is 5.32 Å². The molecule has 0 atom stereocenters.